The first-order chi connectivity index (χ1) is 8.79. The van der Waals surface area contributed by atoms with Crippen LogP contribution in [0.1, 0.15) is 11.3 Å². The molecule has 0 saturated carbocycles. The van der Waals surface area contributed by atoms with Gasteiger partial charge in [-0.05, 0) is 35.7 Å². The molecule has 90 valence electrons. The van der Waals surface area contributed by atoms with Gasteiger partial charge in [0.2, 0.25) is 0 Å². The SMILES string of the molecule is Cc1c(CN)oc2ccc(-c3ccccc3)cc12. The van der Waals surface area contributed by atoms with Gasteiger partial charge >= 0.3 is 0 Å². The molecule has 2 aromatic carbocycles. The Morgan fingerprint density at radius 1 is 1.00 bits per heavy atom. The van der Waals surface area contributed by atoms with Crippen LogP contribution in [0.4, 0.5) is 0 Å². The van der Waals surface area contributed by atoms with Gasteiger partial charge in [-0.25, -0.2) is 0 Å². The van der Waals surface area contributed by atoms with E-state index < -0.39 is 0 Å². The molecule has 0 amide bonds. The Balaban J connectivity index is 2.19. The van der Waals surface area contributed by atoms with Crippen molar-refractivity contribution in [2.75, 3.05) is 0 Å². The van der Waals surface area contributed by atoms with Crippen LogP contribution in [-0.4, -0.2) is 0 Å². The molecule has 1 heterocycles. The van der Waals surface area contributed by atoms with Crippen LogP contribution < -0.4 is 5.73 Å². The van der Waals surface area contributed by atoms with Crippen LogP contribution in [0.5, 0.6) is 0 Å². The molecule has 2 nitrogen and oxygen atoms in total. The number of furan rings is 1. The highest BCUT2D eigenvalue weighted by Gasteiger charge is 2.09. The molecule has 2 N–H and O–H groups in total. The van der Waals surface area contributed by atoms with Crippen molar-refractivity contribution >= 4 is 11.0 Å². The quantitative estimate of drug-likeness (QED) is 0.735. The molecule has 3 rings (SSSR count). The summed E-state index contributed by atoms with van der Waals surface area (Å²) < 4.78 is 5.71. The minimum atomic E-state index is 0.446. The van der Waals surface area contributed by atoms with Gasteiger partial charge in [0.1, 0.15) is 11.3 Å². The zero-order valence-electron chi connectivity index (χ0n) is 10.3. The molecule has 0 unspecified atom stereocenters. The predicted molar refractivity (Wildman–Crippen MR) is 74.3 cm³/mol. The highest BCUT2D eigenvalue weighted by molar-refractivity contribution is 5.87. The van der Waals surface area contributed by atoms with Gasteiger partial charge in [-0.15, -0.1) is 0 Å². The van der Waals surface area contributed by atoms with Gasteiger partial charge in [0.15, 0.2) is 0 Å². The number of aryl methyl sites for hydroxylation is 1. The first kappa shape index (κ1) is 11.1. The first-order valence-corrected chi connectivity index (χ1v) is 6.07. The lowest BCUT2D eigenvalue weighted by Crippen LogP contribution is -1.95. The van der Waals surface area contributed by atoms with Crippen molar-refractivity contribution < 1.29 is 4.42 Å². The third kappa shape index (κ3) is 1.71. The van der Waals surface area contributed by atoms with Crippen LogP contribution in [0.25, 0.3) is 22.1 Å². The fourth-order valence-corrected chi connectivity index (χ4v) is 2.28. The molecule has 2 heteroatoms. The predicted octanol–water partition coefficient (Wildman–Crippen LogP) is 3.87. The number of hydrogen-bond donors (Lipinski definition) is 1. The van der Waals surface area contributed by atoms with Crippen molar-refractivity contribution in [3.05, 3.63) is 59.9 Å². The second-order valence-corrected chi connectivity index (χ2v) is 4.43. The van der Waals surface area contributed by atoms with Gasteiger partial charge in [-0.2, -0.15) is 0 Å². The lowest BCUT2D eigenvalue weighted by atomic mass is 10.0. The summed E-state index contributed by atoms with van der Waals surface area (Å²) in [5.41, 5.74) is 10.1. The maximum absolute atomic E-state index is 5.71. The van der Waals surface area contributed by atoms with Crippen molar-refractivity contribution in [1.29, 1.82) is 0 Å². The van der Waals surface area contributed by atoms with Crippen LogP contribution in [0.15, 0.2) is 52.9 Å². The number of rotatable bonds is 2. The van der Waals surface area contributed by atoms with E-state index in [4.69, 9.17) is 10.2 Å². The molecule has 0 bridgehead atoms. The third-order valence-electron chi connectivity index (χ3n) is 3.33. The fourth-order valence-electron chi connectivity index (χ4n) is 2.28. The molecular formula is C16H15NO. The molecule has 18 heavy (non-hydrogen) atoms. The first-order valence-electron chi connectivity index (χ1n) is 6.07. The number of nitrogens with two attached hydrogens (primary N) is 1. The van der Waals surface area contributed by atoms with E-state index in [1.54, 1.807) is 0 Å². The van der Waals surface area contributed by atoms with E-state index in [-0.39, 0.29) is 0 Å². The summed E-state index contributed by atoms with van der Waals surface area (Å²) >= 11 is 0. The van der Waals surface area contributed by atoms with E-state index in [0.717, 1.165) is 22.3 Å². The van der Waals surface area contributed by atoms with Crippen molar-refractivity contribution in [1.82, 2.24) is 0 Å². The van der Waals surface area contributed by atoms with Crippen LogP contribution >= 0.6 is 0 Å². The summed E-state index contributed by atoms with van der Waals surface area (Å²) in [6, 6.07) is 16.6. The minimum absolute atomic E-state index is 0.446. The minimum Gasteiger partial charge on any atom is -0.459 e. The van der Waals surface area contributed by atoms with Crippen LogP contribution in [0.3, 0.4) is 0 Å². The number of fused-ring (bicyclic) bond motifs is 1. The van der Waals surface area contributed by atoms with E-state index in [1.165, 1.54) is 11.1 Å². The normalized spacial score (nSPS) is 11.0. The fraction of sp³-hybridized carbons (Fsp3) is 0.125. The van der Waals surface area contributed by atoms with Crippen LogP contribution in [0, 0.1) is 6.92 Å². The summed E-state index contributed by atoms with van der Waals surface area (Å²) in [6.45, 7) is 2.50. The Morgan fingerprint density at radius 2 is 1.78 bits per heavy atom. The Morgan fingerprint density at radius 3 is 2.50 bits per heavy atom. The second kappa shape index (κ2) is 4.31. The van der Waals surface area contributed by atoms with E-state index in [2.05, 4.69) is 31.2 Å². The van der Waals surface area contributed by atoms with Gasteiger partial charge in [0.25, 0.3) is 0 Å². The van der Waals surface area contributed by atoms with Gasteiger partial charge in [-0.3, -0.25) is 0 Å². The van der Waals surface area contributed by atoms with Gasteiger partial charge in [0.05, 0.1) is 6.54 Å². The Bertz CT molecular complexity index is 683. The lowest BCUT2D eigenvalue weighted by molar-refractivity contribution is 0.548. The highest BCUT2D eigenvalue weighted by atomic mass is 16.3. The summed E-state index contributed by atoms with van der Waals surface area (Å²) in [7, 11) is 0. The van der Waals surface area contributed by atoms with E-state index in [0.29, 0.717) is 6.54 Å². The Kier molecular flexibility index (Phi) is 2.65. The lowest BCUT2D eigenvalue weighted by Gasteiger charge is -2.01. The Labute approximate surface area is 106 Å². The Hall–Kier alpha value is -2.06. The van der Waals surface area contributed by atoms with E-state index in [1.807, 2.05) is 24.3 Å². The average Bonchev–Trinajstić information content (AvgIpc) is 2.76. The van der Waals surface area contributed by atoms with Crippen molar-refractivity contribution in [3.8, 4) is 11.1 Å². The van der Waals surface area contributed by atoms with Crippen molar-refractivity contribution in [2.45, 2.75) is 13.5 Å². The number of benzene rings is 2. The molecule has 0 saturated heterocycles. The summed E-state index contributed by atoms with van der Waals surface area (Å²) in [4.78, 5) is 0. The zero-order chi connectivity index (χ0) is 12.5. The standard InChI is InChI=1S/C16H15NO/c1-11-14-9-13(12-5-3-2-4-6-12)7-8-15(14)18-16(11)10-17/h2-9H,10,17H2,1H3. The molecule has 0 aliphatic carbocycles. The topological polar surface area (TPSA) is 39.2 Å². The number of hydrogen-bond acceptors (Lipinski definition) is 2. The average molecular weight is 237 g/mol. The third-order valence-corrected chi connectivity index (χ3v) is 3.33. The maximum Gasteiger partial charge on any atom is 0.134 e. The van der Waals surface area contributed by atoms with Crippen molar-refractivity contribution in [3.63, 3.8) is 0 Å². The van der Waals surface area contributed by atoms with Gasteiger partial charge < -0.3 is 10.2 Å². The molecule has 0 fully saturated rings. The second-order valence-electron chi connectivity index (χ2n) is 4.43. The highest BCUT2D eigenvalue weighted by Crippen LogP contribution is 2.29. The largest absolute Gasteiger partial charge is 0.459 e. The smallest absolute Gasteiger partial charge is 0.134 e. The van der Waals surface area contributed by atoms with Crippen LogP contribution in [-0.2, 0) is 6.54 Å². The molecule has 0 aliphatic rings. The van der Waals surface area contributed by atoms with E-state index >= 15 is 0 Å². The molecular weight excluding hydrogens is 222 g/mol. The molecule has 0 atom stereocenters. The maximum atomic E-state index is 5.71. The van der Waals surface area contributed by atoms with Crippen LogP contribution in [0.2, 0.25) is 0 Å². The zero-order valence-corrected chi connectivity index (χ0v) is 10.3. The van der Waals surface area contributed by atoms with Crippen molar-refractivity contribution in [2.24, 2.45) is 5.73 Å². The molecule has 0 radical (unpaired) electrons. The summed E-state index contributed by atoms with van der Waals surface area (Å²) in [5, 5.41) is 1.15. The molecule has 1 aromatic heterocycles. The summed E-state index contributed by atoms with van der Waals surface area (Å²) in [5.74, 6) is 0.871. The monoisotopic (exact) mass is 237 g/mol. The molecule has 0 spiro atoms. The summed E-state index contributed by atoms with van der Waals surface area (Å²) in [6.07, 6.45) is 0. The molecule has 0 aliphatic heterocycles. The van der Waals surface area contributed by atoms with E-state index in [9.17, 15) is 0 Å². The molecule has 3 aromatic rings. The van der Waals surface area contributed by atoms with Gasteiger partial charge in [0, 0.05) is 5.39 Å². The van der Waals surface area contributed by atoms with Gasteiger partial charge in [-0.1, -0.05) is 36.4 Å².